The van der Waals surface area contributed by atoms with Gasteiger partial charge in [0.15, 0.2) is 0 Å². The molecule has 25 heavy (non-hydrogen) atoms. The number of anilines is 3. The first kappa shape index (κ1) is 16.7. The average molecular weight is 338 g/mol. The monoisotopic (exact) mass is 338 g/mol. The second-order valence-corrected chi connectivity index (χ2v) is 5.52. The molecule has 128 valence electrons. The summed E-state index contributed by atoms with van der Waals surface area (Å²) in [5.74, 6) is 1.59. The number of methoxy groups -OCH3 is 1. The van der Waals surface area contributed by atoms with Crippen molar-refractivity contribution in [2.75, 3.05) is 17.7 Å². The number of nitrogens with one attached hydrogen (secondary N) is 2. The Labute approximate surface area is 145 Å². The van der Waals surface area contributed by atoms with Crippen LogP contribution in [0.1, 0.15) is 11.3 Å². The predicted molar refractivity (Wildman–Crippen MR) is 96.8 cm³/mol. The summed E-state index contributed by atoms with van der Waals surface area (Å²) < 4.78 is 18.7. The zero-order valence-corrected chi connectivity index (χ0v) is 14.1. The Bertz CT molecular complexity index is 870. The zero-order valence-electron chi connectivity index (χ0n) is 14.1. The topological polar surface area (TPSA) is 59.1 Å². The molecule has 0 fully saturated rings. The smallest absolute Gasteiger partial charge is 0.225 e. The molecule has 0 spiro atoms. The molecule has 0 saturated heterocycles. The van der Waals surface area contributed by atoms with Gasteiger partial charge in [0.05, 0.1) is 7.11 Å². The molecule has 0 aliphatic carbocycles. The molecule has 2 aromatic carbocycles. The minimum atomic E-state index is -0.301. The maximum atomic E-state index is 13.3. The van der Waals surface area contributed by atoms with Gasteiger partial charge in [-0.15, -0.1) is 0 Å². The molecule has 0 aliphatic rings. The van der Waals surface area contributed by atoms with E-state index in [1.165, 1.54) is 12.1 Å². The number of halogens is 1. The molecule has 5 nitrogen and oxygen atoms in total. The normalized spacial score (nSPS) is 10.4. The van der Waals surface area contributed by atoms with Gasteiger partial charge in [-0.3, -0.25) is 0 Å². The van der Waals surface area contributed by atoms with Crippen LogP contribution in [0.25, 0.3) is 0 Å². The van der Waals surface area contributed by atoms with E-state index < -0.39 is 0 Å². The highest BCUT2D eigenvalue weighted by Gasteiger charge is 2.06. The van der Waals surface area contributed by atoms with Gasteiger partial charge in [0, 0.05) is 29.6 Å². The Hall–Kier alpha value is -3.15. The van der Waals surface area contributed by atoms with E-state index in [0.717, 1.165) is 17.0 Å². The van der Waals surface area contributed by atoms with Crippen LogP contribution in [-0.2, 0) is 6.54 Å². The molecular formula is C19H19FN4O. The summed E-state index contributed by atoms with van der Waals surface area (Å²) in [5, 5.41) is 6.29. The summed E-state index contributed by atoms with van der Waals surface area (Å²) in [7, 11) is 1.64. The van der Waals surface area contributed by atoms with Gasteiger partial charge in [-0.1, -0.05) is 24.3 Å². The SMILES string of the molecule is COc1ccccc1CNc1nc(C)cc(Nc2cccc(F)c2)n1. The van der Waals surface area contributed by atoms with Crippen molar-refractivity contribution < 1.29 is 9.13 Å². The summed E-state index contributed by atoms with van der Waals surface area (Å²) in [6.45, 7) is 2.42. The van der Waals surface area contributed by atoms with Gasteiger partial charge in [0.1, 0.15) is 17.4 Å². The minimum Gasteiger partial charge on any atom is -0.496 e. The predicted octanol–water partition coefficient (Wildman–Crippen LogP) is 4.29. The highest BCUT2D eigenvalue weighted by molar-refractivity contribution is 5.57. The summed E-state index contributed by atoms with van der Waals surface area (Å²) >= 11 is 0. The van der Waals surface area contributed by atoms with Crippen LogP contribution >= 0.6 is 0 Å². The van der Waals surface area contributed by atoms with Crippen LogP contribution in [0.5, 0.6) is 5.75 Å². The molecule has 1 aromatic heterocycles. The molecule has 0 unspecified atom stereocenters. The fraction of sp³-hybridized carbons (Fsp3) is 0.158. The largest absolute Gasteiger partial charge is 0.496 e. The van der Waals surface area contributed by atoms with Crippen LogP contribution in [0.2, 0.25) is 0 Å². The lowest BCUT2D eigenvalue weighted by molar-refractivity contribution is 0.410. The second kappa shape index (κ2) is 7.61. The lowest BCUT2D eigenvalue weighted by Crippen LogP contribution is -2.07. The highest BCUT2D eigenvalue weighted by Crippen LogP contribution is 2.20. The molecule has 0 radical (unpaired) electrons. The third kappa shape index (κ3) is 4.44. The van der Waals surface area contributed by atoms with Crippen LogP contribution < -0.4 is 15.4 Å². The van der Waals surface area contributed by atoms with E-state index in [2.05, 4.69) is 20.6 Å². The molecule has 1 heterocycles. The molecule has 0 saturated carbocycles. The van der Waals surface area contributed by atoms with Crippen molar-refractivity contribution in [3.05, 3.63) is 71.7 Å². The number of aromatic nitrogens is 2. The summed E-state index contributed by atoms with van der Waals surface area (Å²) in [5.41, 5.74) is 2.44. The number of hydrogen-bond acceptors (Lipinski definition) is 5. The Morgan fingerprint density at radius 1 is 1.04 bits per heavy atom. The van der Waals surface area contributed by atoms with Crippen molar-refractivity contribution in [2.45, 2.75) is 13.5 Å². The van der Waals surface area contributed by atoms with Crippen molar-refractivity contribution in [3.63, 3.8) is 0 Å². The van der Waals surface area contributed by atoms with Gasteiger partial charge in [-0.2, -0.15) is 4.98 Å². The van der Waals surface area contributed by atoms with Crippen LogP contribution in [0.4, 0.5) is 21.8 Å². The van der Waals surface area contributed by atoms with Crippen molar-refractivity contribution >= 4 is 17.5 Å². The number of ether oxygens (including phenoxy) is 1. The molecule has 0 aliphatic heterocycles. The quantitative estimate of drug-likeness (QED) is 0.702. The number of nitrogens with zero attached hydrogens (tertiary/aromatic N) is 2. The standard InChI is InChI=1S/C19H19FN4O/c1-13-10-18(23-16-8-5-7-15(20)11-16)24-19(22-13)21-12-14-6-3-4-9-17(14)25-2/h3-11H,12H2,1-2H3,(H2,21,22,23,24). The fourth-order valence-corrected chi connectivity index (χ4v) is 2.45. The van der Waals surface area contributed by atoms with Gasteiger partial charge in [0.2, 0.25) is 5.95 Å². The van der Waals surface area contributed by atoms with Crippen molar-refractivity contribution in [1.29, 1.82) is 0 Å². The van der Waals surface area contributed by atoms with Gasteiger partial charge in [-0.25, -0.2) is 9.37 Å². The lowest BCUT2D eigenvalue weighted by atomic mass is 10.2. The Morgan fingerprint density at radius 3 is 2.68 bits per heavy atom. The molecule has 0 amide bonds. The van der Waals surface area contributed by atoms with Crippen LogP contribution in [0, 0.1) is 12.7 Å². The Morgan fingerprint density at radius 2 is 1.88 bits per heavy atom. The van der Waals surface area contributed by atoms with E-state index in [-0.39, 0.29) is 5.82 Å². The number of aryl methyl sites for hydroxylation is 1. The molecule has 2 N–H and O–H groups in total. The third-order valence-corrected chi connectivity index (χ3v) is 3.58. The van der Waals surface area contributed by atoms with Crippen LogP contribution in [0.3, 0.4) is 0 Å². The minimum absolute atomic E-state index is 0.301. The summed E-state index contributed by atoms with van der Waals surface area (Å²) in [4.78, 5) is 8.82. The zero-order chi connectivity index (χ0) is 17.6. The van der Waals surface area contributed by atoms with Crippen LogP contribution in [-0.4, -0.2) is 17.1 Å². The molecule has 0 bridgehead atoms. The van der Waals surface area contributed by atoms with Crippen molar-refractivity contribution in [1.82, 2.24) is 9.97 Å². The van der Waals surface area contributed by atoms with Gasteiger partial charge >= 0.3 is 0 Å². The molecule has 3 rings (SSSR count). The van der Waals surface area contributed by atoms with E-state index in [4.69, 9.17) is 4.74 Å². The second-order valence-electron chi connectivity index (χ2n) is 5.52. The average Bonchev–Trinajstić information content (AvgIpc) is 2.60. The van der Waals surface area contributed by atoms with Gasteiger partial charge in [0.25, 0.3) is 0 Å². The highest BCUT2D eigenvalue weighted by atomic mass is 19.1. The van der Waals surface area contributed by atoms with E-state index >= 15 is 0 Å². The first-order valence-corrected chi connectivity index (χ1v) is 7.88. The lowest BCUT2D eigenvalue weighted by Gasteiger charge is -2.12. The number of benzene rings is 2. The van der Waals surface area contributed by atoms with Crippen molar-refractivity contribution in [3.8, 4) is 5.75 Å². The van der Waals surface area contributed by atoms with E-state index in [0.29, 0.717) is 24.0 Å². The molecule has 3 aromatic rings. The van der Waals surface area contributed by atoms with Gasteiger partial charge in [-0.05, 0) is 31.2 Å². The van der Waals surface area contributed by atoms with Gasteiger partial charge < -0.3 is 15.4 Å². The van der Waals surface area contributed by atoms with E-state index in [1.807, 2.05) is 31.2 Å². The number of rotatable bonds is 6. The Kier molecular flexibility index (Phi) is 5.09. The molecule has 0 atom stereocenters. The fourth-order valence-electron chi connectivity index (χ4n) is 2.45. The van der Waals surface area contributed by atoms with Crippen LogP contribution in [0.15, 0.2) is 54.6 Å². The molecule has 6 heteroatoms. The number of hydrogen-bond donors (Lipinski definition) is 2. The Balaban J connectivity index is 1.75. The molecular weight excluding hydrogens is 319 g/mol. The summed E-state index contributed by atoms with van der Waals surface area (Å²) in [6.07, 6.45) is 0. The number of para-hydroxylation sites is 1. The first-order valence-electron chi connectivity index (χ1n) is 7.88. The first-order chi connectivity index (χ1) is 12.1. The van der Waals surface area contributed by atoms with E-state index in [1.54, 1.807) is 25.3 Å². The maximum Gasteiger partial charge on any atom is 0.225 e. The van der Waals surface area contributed by atoms with E-state index in [9.17, 15) is 4.39 Å². The third-order valence-electron chi connectivity index (χ3n) is 3.58. The van der Waals surface area contributed by atoms with Crippen molar-refractivity contribution in [2.24, 2.45) is 0 Å². The maximum absolute atomic E-state index is 13.3. The summed E-state index contributed by atoms with van der Waals surface area (Å²) in [6, 6.07) is 15.8.